The third-order valence-electron chi connectivity index (χ3n) is 6.30. The molecule has 1 fully saturated rings. The van der Waals surface area contributed by atoms with E-state index in [4.69, 9.17) is 0 Å². The second-order valence-corrected chi connectivity index (χ2v) is 8.45. The molecule has 0 saturated carbocycles. The monoisotopic (exact) mass is 435 g/mol. The Morgan fingerprint density at radius 2 is 2.09 bits per heavy atom. The molecule has 168 valence electrons. The van der Waals surface area contributed by atoms with Crippen molar-refractivity contribution in [3.63, 3.8) is 0 Å². The van der Waals surface area contributed by atoms with Gasteiger partial charge in [-0.25, -0.2) is 9.37 Å². The van der Waals surface area contributed by atoms with Gasteiger partial charge < -0.3 is 15.1 Å². The molecule has 0 spiro atoms. The molecule has 6 nitrogen and oxygen atoms in total. The summed E-state index contributed by atoms with van der Waals surface area (Å²) in [6.07, 6.45) is 7.90. The number of nitrogens with one attached hydrogen (secondary N) is 1. The lowest BCUT2D eigenvalue weighted by molar-refractivity contribution is 0.532. The number of allylic oxidation sites excluding steroid dienone is 4. The third-order valence-corrected chi connectivity index (χ3v) is 6.30. The molecule has 1 N–H and O–H groups in total. The molecule has 0 aromatic carbocycles. The van der Waals surface area contributed by atoms with Crippen molar-refractivity contribution in [3.05, 3.63) is 82.6 Å². The Balaban J connectivity index is 1.71. The van der Waals surface area contributed by atoms with Crippen LogP contribution in [0.2, 0.25) is 0 Å². The van der Waals surface area contributed by atoms with Crippen LogP contribution in [0.15, 0.2) is 71.3 Å². The second kappa shape index (κ2) is 9.12. The van der Waals surface area contributed by atoms with Crippen LogP contribution in [-0.2, 0) is 0 Å². The molecule has 4 heterocycles. The lowest BCUT2D eigenvalue weighted by Gasteiger charge is -2.29. The zero-order chi connectivity index (χ0) is 22.8. The molecule has 1 unspecified atom stereocenters. The van der Waals surface area contributed by atoms with Crippen molar-refractivity contribution in [1.29, 1.82) is 0 Å². The van der Waals surface area contributed by atoms with Crippen LogP contribution >= 0.6 is 0 Å². The zero-order valence-corrected chi connectivity index (χ0v) is 18.9. The highest BCUT2D eigenvalue weighted by Gasteiger charge is 2.19. The number of halogens is 1. The van der Waals surface area contributed by atoms with Gasteiger partial charge in [-0.1, -0.05) is 26.0 Å². The fourth-order valence-electron chi connectivity index (χ4n) is 3.88. The van der Waals surface area contributed by atoms with Gasteiger partial charge in [0.2, 0.25) is 0 Å². The van der Waals surface area contributed by atoms with Crippen molar-refractivity contribution in [2.75, 3.05) is 31.1 Å². The van der Waals surface area contributed by atoms with Crippen molar-refractivity contribution < 1.29 is 4.39 Å². The summed E-state index contributed by atoms with van der Waals surface area (Å²) in [6, 6.07) is 5.28. The smallest absolute Gasteiger partial charge is 0.258 e. The van der Waals surface area contributed by atoms with Gasteiger partial charge in [-0.15, -0.1) is 0 Å². The molecule has 0 aliphatic carbocycles. The van der Waals surface area contributed by atoms with Crippen LogP contribution < -0.4 is 15.8 Å². The standard InChI is InChI=1S/C25H30FN5O/c1-5-17(2)18(3)14-30-15-20(12-22(26)19(30)4)23-13-25(32)31-16-21(6-7-24(31)28-23)29-10-8-27-9-11-29/h6-7,12-17,27H,4-5,8-11H2,1-3H3/b18-14-. The Morgan fingerprint density at radius 3 is 2.81 bits per heavy atom. The quantitative estimate of drug-likeness (QED) is 0.767. The summed E-state index contributed by atoms with van der Waals surface area (Å²) in [5.41, 5.74) is 3.70. The first-order chi connectivity index (χ1) is 15.4. The summed E-state index contributed by atoms with van der Waals surface area (Å²) in [6.45, 7) is 13.8. The van der Waals surface area contributed by atoms with Crippen molar-refractivity contribution in [2.45, 2.75) is 27.2 Å². The van der Waals surface area contributed by atoms with Gasteiger partial charge in [-0.3, -0.25) is 9.20 Å². The molecule has 1 atom stereocenters. The summed E-state index contributed by atoms with van der Waals surface area (Å²) in [5.74, 6) is -0.0614. The minimum absolute atomic E-state index is 0.195. The van der Waals surface area contributed by atoms with Gasteiger partial charge in [-0.05, 0) is 37.5 Å². The number of nitrogens with zero attached hydrogens (tertiary/aromatic N) is 4. The number of piperazine rings is 1. The maximum absolute atomic E-state index is 14.7. The van der Waals surface area contributed by atoms with Gasteiger partial charge >= 0.3 is 0 Å². The lowest BCUT2D eigenvalue weighted by atomic mass is 10.0. The van der Waals surface area contributed by atoms with Gasteiger partial charge in [0.1, 0.15) is 11.5 Å². The van der Waals surface area contributed by atoms with E-state index < -0.39 is 5.83 Å². The molecule has 0 radical (unpaired) electrons. The maximum Gasteiger partial charge on any atom is 0.258 e. The first kappa shape index (κ1) is 22.0. The number of hydrogen-bond acceptors (Lipinski definition) is 5. The molecular formula is C25H30FN5O. The molecule has 2 aliphatic rings. The number of aromatic nitrogens is 2. The molecule has 4 rings (SSSR count). The van der Waals surface area contributed by atoms with Gasteiger partial charge in [0.25, 0.3) is 5.56 Å². The highest BCUT2D eigenvalue weighted by molar-refractivity contribution is 5.75. The lowest BCUT2D eigenvalue weighted by Crippen LogP contribution is -2.43. The van der Waals surface area contributed by atoms with Crippen molar-refractivity contribution in [2.24, 2.45) is 5.92 Å². The minimum Gasteiger partial charge on any atom is -0.368 e. The topological polar surface area (TPSA) is 52.9 Å². The third kappa shape index (κ3) is 4.39. The molecule has 1 saturated heterocycles. The van der Waals surface area contributed by atoms with E-state index in [0.29, 0.717) is 22.8 Å². The molecule has 2 aromatic heterocycles. The van der Waals surface area contributed by atoms with Gasteiger partial charge in [-0.2, -0.15) is 0 Å². The SMILES string of the molecule is C=C1C(F)=CC(c2cc(=O)n3cc(N4CCNCC4)ccc3n2)=CN1/C=C(/C)C(C)CC. The van der Waals surface area contributed by atoms with Crippen LogP contribution in [0, 0.1) is 5.92 Å². The highest BCUT2D eigenvalue weighted by atomic mass is 19.1. The molecule has 2 aromatic rings. The van der Waals surface area contributed by atoms with Crippen LogP contribution in [0.4, 0.5) is 10.1 Å². The fourth-order valence-corrected chi connectivity index (χ4v) is 3.88. The summed E-state index contributed by atoms with van der Waals surface area (Å²) < 4.78 is 16.2. The Morgan fingerprint density at radius 1 is 1.34 bits per heavy atom. The van der Waals surface area contributed by atoms with Gasteiger partial charge in [0.15, 0.2) is 0 Å². The maximum atomic E-state index is 14.7. The first-order valence-electron chi connectivity index (χ1n) is 11.1. The fraction of sp³-hybridized carbons (Fsp3) is 0.360. The average Bonchev–Trinajstić information content (AvgIpc) is 2.81. The summed E-state index contributed by atoms with van der Waals surface area (Å²) in [5, 5.41) is 3.33. The van der Waals surface area contributed by atoms with Crippen LogP contribution in [0.5, 0.6) is 0 Å². The zero-order valence-electron chi connectivity index (χ0n) is 18.9. The van der Waals surface area contributed by atoms with Gasteiger partial charge in [0.05, 0.1) is 17.1 Å². The van der Waals surface area contributed by atoms with Crippen LogP contribution in [0.3, 0.4) is 0 Å². The average molecular weight is 436 g/mol. The van der Waals surface area contributed by atoms with Gasteiger partial charge in [0, 0.05) is 56.4 Å². The predicted molar refractivity (Wildman–Crippen MR) is 128 cm³/mol. The van der Waals surface area contributed by atoms with Crippen LogP contribution in [0.1, 0.15) is 32.9 Å². The normalized spacial score (nSPS) is 18.6. The molecular weight excluding hydrogens is 405 g/mol. The highest BCUT2D eigenvalue weighted by Crippen LogP contribution is 2.30. The van der Waals surface area contributed by atoms with E-state index in [1.54, 1.807) is 15.5 Å². The summed E-state index contributed by atoms with van der Waals surface area (Å²) >= 11 is 0. The number of pyridine rings is 1. The molecule has 7 heteroatoms. The Kier molecular flexibility index (Phi) is 6.28. The van der Waals surface area contributed by atoms with E-state index in [0.717, 1.165) is 43.9 Å². The van der Waals surface area contributed by atoms with Crippen molar-refractivity contribution in [1.82, 2.24) is 19.6 Å². The molecule has 0 amide bonds. The number of anilines is 1. The van der Waals surface area contributed by atoms with Crippen LogP contribution in [0.25, 0.3) is 11.2 Å². The van der Waals surface area contributed by atoms with Crippen molar-refractivity contribution >= 4 is 16.9 Å². The van der Waals surface area contributed by atoms with E-state index in [2.05, 4.69) is 35.6 Å². The molecule has 2 aliphatic heterocycles. The van der Waals surface area contributed by atoms with E-state index in [1.807, 2.05) is 31.5 Å². The van der Waals surface area contributed by atoms with E-state index in [-0.39, 0.29) is 11.3 Å². The van der Waals surface area contributed by atoms with E-state index in [9.17, 15) is 9.18 Å². The Bertz CT molecular complexity index is 1190. The number of fused-ring (bicyclic) bond motifs is 1. The predicted octanol–water partition coefficient (Wildman–Crippen LogP) is 4.08. The number of rotatable bonds is 5. The minimum atomic E-state index is -0.438. The Labute approximate surface area is 188 Å². The largest absolute Gasteiger partial charge is 0.368 e. The summed E-state index contributed by atoms with van der Waals surface area (Å²) in [4.78, 5) is 21.5. The molecule has 0 bridgehead atoms. The van der Waals surface area contributed by atoms with E-state index >= 15 is 0 Å². The van der Waals surface area contributed by atoms with Crippen LogP contribution in [-0.4, -0.2) is 40.5 Å². The first-order valence-corrected chi connectivity index (χ1v) is 11.1. The summed E-state index contributed by atoms with van der Waals surface area (Å²) in [7, 11) is 0. The molecule has 32 heavy (non-hydrogen) atoms. The number of hydrogen-bond donors (Lipinski definition) is 1. The van der Waals surface area contributed by atoms with E-state index in [1.165, 1.54) is 12.1 Å². The van der Waals surface area contributed by atoms with Crippen molar-refractivity contribution in [3.8, 4) is 0 Å². The second-order valence-electron chi connectivity index (χ2n) is 8.45. The Hall–Kier alpha value is -3.19.